The quantitative estimate of drug-likeness (QED) is 0.895. The van der Waals surface area contributed by atoms with E-state index in [0.29, 0.717) is 31.0 Å². The first-order valence-corrected chi connectivity index (χ1v) is 7.45. The summed E-state index contributed by atoms with van der Waals surface area (Å²) in [5.41, 5.74) is 1.02. The van der Waals surface area contributed by atoms with E-state index >= 15 is 0 Å². The molecule has 3 rings (SSSR count). The van der Waals surface area contributed by atoms with Gasteiger partial charge in [0, 0.05) is 17.4 Å². The summed E-state index contributed by atoms with van der Waals surface area (Å²) in [4.78, 5) is 13.4. The van der Waals surface area contributed by atoms with Crippen molar-refractivity contribution >= 4 is 27.6 Å². The van der Waals surface area contributed by atoms with E-state index in [0.717, 1.165) is 23.9 Å². The van der Waals surface area contributed by atoms with Crippen molar-refractivity contribution in [2.24, 2.45) is 0 Å². The van der Waals surface area contributed by atoms with Gasteiger partial charge in [-0.2, -0.15) is 0 Å². The van der Waals surface area contributed by atoms with E-state index in [1.807, 2.05) is 11.0 Å². The maximum atomic E-state index is 11.4. The van der Waals surface area contributed by atoms with Gasteiger partial charge in [-0.15, -0.1) is 0 Å². The van der Waals surface area contributed by atoms with Crippen LogP contribution in [-0.2, 0) is 9.47 Å². The molecule has 6 heteroatoms. The van der Waals surface area contributed by atoms with Crippen LogP contribution < -0.4 is 4.90 Å². The molecule has 0 atom stereocenters. The zero-order chi connectivity index (χ0) is 14.2. The van der Waals surface area contributed by atoms with Gasteiger partial charge in [-0.25, -0.2) is 4.79 Å². The van der Waals surface area contributed by atoms with Gasteiger partial charge < -0.3 is 19.5 Å². The fraction of sp³-hybridized carbons (Fsp3) is 0.500. The second-order valence-electron chi connectivity index (χ2n) is 5.10. The number of hydrogen-bond acceptors (Lipinski definition) is 4. The molecule has 5 nitrogen and oxygen atoms in total. The minimum Gasteiger partial charge on any atom is -0.478 e. The van der Waals surface area contributed by atoms with Crippen LogP contribution in [0, 0.1) is 0 Å². The number of anilines is 1. The Hall–Kier alpha value is -1.11. The van der Waals surface area contributed by atoms with Crippen molar-refractivity contribution in [3.05, 3.63) is 28.2 Å². The van der Waals surface area contributed by atoms with Gasteiger partial charge >= 0.3 is 5.97 Å². The lowest BCUT2D eigenvalue weighted by molar-refractivity contribution is -0.161. The molecule has 0 amide bonds. The highest BCUT2D eigenvalue weighted by molar-refractivity contribution is 9.10. The summed E-state index contributed by atoms with van der Waals surface area (Å²) in [6.45, 7) is 2.60. The number of carboxylic acid groups (broad SMARTS) is 1. The van der Waals surface area contributed by atoms with Crippen LogP contribution in [0.25, 0.3) is 0 Å². The number of rotatable bonds is 2. The SMILES string of the molecule is O=C(O)c1ccc(Br)cc1N1CCCC2(C1)OCCO2. The van der Waals surface area contributed by atoms with Gasteiger partial charge in [0.15, 0.2) is 5.79 Å². The van der Waals surface area contributed by atoms with Crippen molar-refractivity contribution in [2.75, 3.05) is 31.2 Å². The zero-order valence-electron chi connectivity index (χ0n) is 11.0. The molecule has 1 aromatic rings. The average Bonchev–Trinajstić information content (AvgIpc) is 2.86. The van der Waals surface area contributed by atoms with E-state index < -0.39 is 11.8 Å². The van der Waals surface area contributed by atoms with Gasteiger partial charge in [-0.05, 0) is 24.6 Å². The summed E-state index contributed by atoms with van der Waals surface area (Å²) in [5.74, 6) is -1.48. The van der Waals surface area contributed by atoms with Crippen molar-refractivity contribution in [1.82, 2.24) is 0 Å². The van der Waals surface area contributed by atoms with Crippen molar-refractivity contribution in [3.8, 4) is 0 Å². The molecule has 0 aliphatic carbocycles. The van der Waals surface area contributed by atoms with Gasteiger partial charge in [-0.3, -0.25) is 0 Å². The van der Waals surface area contributed by atoms with Gasteiger partial charge in [0.05, 0.1) is 31.0 Å². The van der Waals surface area contributed by atoms with Crippen molar-refractivity contribution < 1.29 is 19.4 Å². The van der Waals surface area contributed by atoms with Crippen LogP contribution in [0.3, 0.4) is 0 Å². The predicted molar refractivity (Wildman–Crippen MR) is 77.2 cm³/mol. The number of carboxylic acids is 1. The molecule has 0 bridgehead atoms. The minimum absolute atomic E-state index is 0.309. The van der Waals surface area contributed by atoms with Gasteiger partial charge in [0.25, 0.3) is 0 Å². The van der Waals surface area contributed by atoms with Crippen LogP contribution in [-0.4, -0.2) is 43.2 Å². The summed E-state index contributed by atoms with van der Waals surface area (Å²) in [5, 5.41) is 9.34. The first-order valence-electron chi connectivity index (χ1n) is 6.65. The predicted octanol–water partition coefficient (Wildman–Crippen LogP) is 2.49. The summed E-state index contributed by atoms with van der Waals surface area (Å²) in [6.07, 6.45) is 1.78. The molecule has 0 unspecified atom stereocenters. The van der Waals surface area contributed by atoms with Crippen molar-refractivity contribution in [1.29, 1.82) is 0 Å². The molecule has 2 aliphatic rings. The Kier molecular flexibility index (Phi) is 3.70. The van der Waals surface area contributed by atoms with E-state index in [1.165, 1.54) is 0 Å². The van der Waals surface area contributed by atoms with Crippen LogP contribution in [0.1, 0.15) is 23.2 Å². The van der Waals surface area contributed by atoms with Crippen LogP contribution in [0.2, 0.25) is 0 Å². The summed E-state index contributed by atoms with van der Waals surface area (Å²) in [6, 6.07) is 5.21. The normalized spacial score (nSPS) is 21.4. The lowest BCUT2D eigenvalue weighted by Gasteiger charge is -2.40. The first kappa shape index (κ1) is 13.9. The number of halogens is 1. The van der Waals surface area contributed by atoms with Crippen molar-refractivity contribution in [2.45, 2.75) is 18.6 Å². The molecule has 2 saturated heterocycles. The van der Waals surface area contributed by atoms with Crippen LogP contribution >= 0.6 is 15.9 Å². The van der Waals surface area contributed by atoms with Gasteiger partial charge in [0.2, 0.25) is 0 Å². The highest BCUT2D eigenvalue weighted by atomic mass is 79.9. The Balaban J connectivity index is 1.92. The van der Waals surface area contributed by atoms with Gasteiger partial charge in [-0.1, -0.05) is 15.9 Å². The van der Waals surface area contributed by atoms with E-state index in [4.69, 9.17) is 9.47 Å². The molecule has 1 N–H and O–H groups in total. The Morgan fingerprint density at radius 2 is 2.10 bits per heavy atom. The number of benzene rings is 1. The fourth-order valence-corrected chi connectivity index (χ4v) is 3.22. The van der Waals surface area contributed by atoms with E-state index in [1.54, 1.807) is 12.1 Å². The topological polar surface area (TPSA) is 59.0 Å². The average molecular weight is 342 g/mol. The number of ether oxygens (including phenoxy) is 2. The first-order chi connectivity index (χ1) is 9.60. The third-order valence-corrected chi connectivity index (χ3v) is 4.26. The zero-order valence-corrected chi connectivity index (χ0v) is 12.6. The van der Waals surface area contributed by atoms with Crippen LogP contribution in [0.4, 0.5) is 5.69 Å². The molecule has 0 saturated carbocycles. The summed E-state index contributed by atoms with van der Waals surface area (Å²) < 4.78 is 12.3. The standard InChI is InChI=1S/C14H16BrNO4/c15-10-2-3-11(13(17)18)12(8-10)16-5-1-4-14(9-16)19-6-7-20-14/h2-3,8H,1,4-7,9H2,(H,17,18). The lowest BCUT2D eigenvalue weighted by atomic mass is 10.0. The molecular weight excluding hydrogens is 326 g/mol. The highest BCUT2D eigenvalue weighted by Gasteiger charge is 2.41. The number of aromatic carboxylic acids is 1. The molecule has 20 heavy (non-hydrogen) atoms. The molecule has 1 aromatic carbocycles. The molecule has 0 aromatic heterocycles. The van der Waals surface area contributed by atoms with E-state index in [-0.39, 0.29) is 0 Å². The molecule has 108 valence electrons. The summed E-state index contributed by atoms with van der Waals surface area (Å²) in [7, 11) is 0. The number of carbonyl (C=O) groups is 1. The molecule has 0 radical (unpaired) electrons. The Bertz CT molecular complexity index is 528. The third kappa shape index (κ3) is 2.55. The van der Waals surface area contributed by atoms with E-state index in [2.05, 4.69) is 15.9 Å². The fourth-order valence-electron chi connectivity index (χ4n) is 2.87. The molecule has 2 aliphatic heterocycles. The number of piperidine rings is 1. The van der Waals surface area contributed by atoms with E-state index in [9.17, 15) is 9.90 Å². The third-order valence-electron chi connectivity index (χ3n) is 3.76. The smallest absolute Gasteiger partial charge is 0.337 e. The Morgan fingerprint density at radius 1 is 1.35 bits per heavy atom. The Labute approximate surface area is 125 Å². The minimum atomic E-state index is -0.916. The lowest BCUT2D eigenvalue weighted by Crippen LogP contribution is -2.49. The monoisotopic (exact) mass is 341 g/mol. The highest BCUT2D eigenvalue weighted by Crippen LogP contribution is 2.34. The molecular formula is C14H16BrNO4. The maximum absolute atomic E-state index is 11.4. The second kappa shape index (κ2) is 5.35. The molecule has 2 heterocycles. The molecule has 2 fully saturated rings. The maximum Gasteiger partial charge on any atom is 0.337 e. The number of nitrogens with zero attached hydrogens (tertiary/aromatic N) is 1. The Morgan fingerprint density at radius 3 is 2.80 bits per heavy atom. The van der Waals surface area contributed by atoms with Crippen LogP contribution in [0.15, 0.2) is 22.7 Å². The van der Waals surface area contributed by atoms with Crippen molar-refractivity contribution in [3.63, 3.8) is 0 Å². The number of hydrogen-bond donors (Lipinski definition) is 1. The van der Waals surface area contributed by atoms with Crippen LogP contribution in [0.5, 0.6) is 0 Å². The second-order valence-corrected chi connectivity index (χ2v) is 6.02. The van der Waals surface area contributed by atoms with Gasteiger partial charge in [0.1, 0.15) is 0 Å². The molecule has 1 spiro atoms. The summed E-state index contributed by atoms with van der Waals surface area (Å²) >= 11 is 3.40. The largest absolute Gasteiger partial charge is 0.478 e.